The Morgan fingerprint density at radius 2 is 1.84 bits per heavy atom. The van der Waals surface area contributed by atoms with Gasteiger partial charge in [-0.2, -0.15) is 0 Å². The first-order valence-electron chi connectivity index (χ1n) is 9.06. The molecule has 0 bridgehead atoms. The van der Waals surface area contributed by atoms with Gasteiger partial charge >= 0.3 is 0 Å². The minimum absolute atomic E-state index is 0.0207. The van der Waals surface area contributed by atoms with Crippen LogP contribution < -0.4 is 5.73 Å². The Labute approximate surface area is 154 Å². The molecule has 2 rings (SSSR count). The smallest absolute Gasteiger partial charge is 0.172 e. The predicted octanol–water partition coefficient (Wildman–Crippen LogP) is 4.38. The molecule has 0 aliphatic carbocycles. The van der Waals surface area contributed by atoms with Crippen molar-refractivity contribution in [2.75, 3.05) is 6.61 Å². The molecule has 0 aliphatic rings. The van der Waals surface area contributed by atoms with E-state index in [0.29, 0.717) is 6.42 Å². The number of unbranched alkanes of at least 4 members (excludes halogenated alkanes) is 2. The lowest BCUT2D eigenvalue weighted by atomic mass is 9.98. The van der Waals surface area contributed by atoms with Crippen LogP contribution in [0.25, 0.3) is 0 Å². The molecule has 3 N–H and O–H groups in total. The summed E-state index contributed by atoms with van der Waals surface area (Å²) in [7, 11) is 0. The standard InChI is InChI=1S/C21H29NO2S/c1-21(22,16-23)15-14-18-12-13-20(25-18)19(24)11-7-3-6-10-17-8-4-2-5-9-17/h2,4-5,8-9,12-13,23H,3,6-7,10-11,14-16,22H2,1H3. The zero-order chi connectivity index (χ0) is 18.1. The molecule has 136 valence electrons. The lowest BCUT2D eigenvalue weighted by Gasteiger charge is -2.20. The predicted molar refractivity (Wildman–Crippen MR) is 105 cm³/mol. The van der Waals surface area contributed by atoms with E-state index in [1.807, 2.05) is 25.1 Å². The molecular formula is C21H29NO2S. The number of aryl methyl sites for hydroxylation is 2. The molecule has 1 aromatic carbocycles. The summed E-state index contributed by atoms with van der Waals surface area (Å²) in [5.41, 5.74) is 6.77. The number of aliphatic hydroxyl groups excluding tert-OH is 1. The summed E-state index contributed by atoms with van der Waals surface area (Å²) in [4.78, 5) is 14.3. The van der Waals surface area contributed by atoms with Crippen molar-refractivity contribution in [2.45, 2.75) is 57.4 Å². The minimum atomic E-state index is -0.549. The van der Waals surface area contributed by atoms with Gasteiger partial charge < -0.3 is 10.8 Å². The number of benzene rings is 1. The number of rotatable bonds is 11. The molecular weight excluding hydrogens is 330 g/mol. The summed E-state index contributed by atoms with van der Waals surface area (Å²) in [6, 6.07) is 14.4. The fraction of sp³-hybridized carbons (Fsp3) is 0.476. The van der Waals surface area contributed by atoms with Crippen molar-refractivity contribution in [2.24, 2.45) is 5.73 Å². The fourth-order valence-corrected chi connectivity index (χ4v) is 3.68. The lowest BCUT2D eigenvalue weighted by molar-refractivity contribution is 0.0983. The zero-order valence-corrected chi connectivity index (χ0v) is 15.9. The molecule has 1 heterocycles. The van der Waals surface area contributed by atoms with Gasteiger partial charge in [0.25, 0.3) is 0 Å². The second kappa shape index (κ2) is 9.85. The maximum atomic E-state index is 12.3. The molecule has 0 saturated carbocycles. The van der Waals surface area contributed by atoms with Gasteiger partial charge in [-0.05, 0) is 56.7 Å². The maximum Gasteiger partial charge on any atom is 0.172 e. The summed E-state index contributed by atoms with van der Waals surface area (Å²) in [5, 5.41) is 9.20. The Morgan fingerprint density at radius 1 is 1.08 bits per heavy atom. The Balaban J connectivity index is 1.67. The summed E-state index contributed by atoms with van der Waals surface area (Å²) in [6.45, 7) is 1.83. The highest BCUT2D eigenvalue weighted by Crippen LogP contribution is 2.22. The number of carbonyl (C=O) groups is 1. The molecule has 1 aromatic heterocycles. The molecule has 0 fully saturated rings. The highest BCUT2D eigenvalue weighted by atomic mass is 32.1. The van der Waals surface area contributed by atoms with Crippen LogP contribution in [0.3, 0.4) is 0 Å². The van der Waals surface area contributed by atoms with Crippen LogP contribution in [0.15, 0.2) is 42.5 Å². The van der Waals surface area contributed by atoms with E-state index in [2.05, 4.69) is 24.3 Å². The van der Waals surface area contributed by atoms with Gasteiger partial charge in [-0.1, -0.05) is 36.8 Å². The summed E-state index contributed by atoms with van der Waals surface area (Å²) in [5.74, 6) is 0.244. The second-order valence-corrected chi connectivity index (χ2v) is 8.22. The van der Waals surface area contributed by atoms with Crippen molar-refractivity contribution in [3.05, 3.63) is 57.8 Å². The van der Waals surface area contributed by atoms with Crippen LogP contribution in [-0.4, -0.2) is 23.0 Å². The minimum Gasteiger partial charge on any atom is -0.394 e. The van der Waals surface area contributed by atoms with Crippen LogP contribution in [0, 0.1) is 0 Å². The topological polar surface area (TPSA) is 63.3 Å². The van der Waals surface area contributed by atoms with E-state index in [1.165, 1.54) is 5.56 Å². The highest BCUT2D eigenvalue weighted by Gasteiger charge is 2.17. The molecule has 0 aliphatic heterocycles. The molecule has 0 saturated heterocycles. The van der Waals surface area contributed by atoms with Gasteiger partial charge in [-0.15, -0.1) is 11.3 Å². The van der Waals surface area contributed by atoms with Crippen molar-refractivity contribution >= 4 is 17.1 Å². The van der Waals surface area contributed by atoms with Crippen LogP contribution in [0.2, 0.25) is 0 Å². The Bertz CT molecular complexity index is 649. The number of nitrogens with two attached hydrogens (primary N) is 1. The van der Waals surface area contributed by atoms with Gasteiger partial charge in [0.05, 0.1) is 11.5 Å². The molecule has 3 nitrogen and oxygen atoms in total. The van der Waals surface area contributed by atoms with Crippen LogP contribution in [0.5, 0.6) is 0 Å². The van der Waals surface area contributed by atoms with E-state index in [4.69, 9.17) is 5.73 Å². The van der Waals surface area contributed by atoms with Crippen molar-refractivity contribution in [1.82, 2.24) is 0 Å². The lowest BCUT2D eigenvalue weighted by Crippen LogP contribution is -2.40. The normalized spacial score (nSPS) is 13.6. The first kappa shape index (κ1) is 19.8. The number of carbonyl (C=O) groups excluding carboxylic acids is 1. The summed E-state index contributed by atoms with van der Waals surface area (Å²) < 4.78 is 0. The summed E-state index contributed by atoms with van der Waals surface area (Å²) in [6.07, 6.45) is 6.40. The van der Waals surface area contributed by atoms with Gasteiger partial charge in [-0.25, -0.2) is 0 Å². The van der Waals surface area contributed by atoms with Crippen LogP contribution in [0.4, 0.5) is 0 Å². The Morgan fingerprint density at radius 3 is 2.56 bits per heavy atom. The third-order valence-corrected chi connectivity index (χ3v) is 5.64. The Kier molecular flexibility index (Phi) is 7.82. The van der Waals surface area contributed by atoms with Crippen molar-refractivity contribution in [1.29, 1.82) is 0 Å². The summed E-state index contributed by atoms with van der Waals surface area (Å²) >= 11 is 1.57. The molecule has 2 aromatic rings. The van der Waals surface area contributed by atoms with Gasteiger partial charge in [-0.3, -0.25) is 4.79 Å². The fourth-order valence-electron chi connectivity index (χ4n) is 2.71. The Hall–Kier alpha value is -1.49. The van der Waals surface area contributed by atoms with E-state index in [1.54, 1.807) is 11.3 Å². The molecule has 25 heavy (non-hydrogen) atoms. The van der Waals surface area contributed by atoms with Gasteiger partial charge in [0.15, 0.2) is 5.78 Å². The van der Waals surface area contributed by atoms with E-state index >= 15 is 0 Å². The largest absolute Gasteiger partial charge is 0.394 e. The molecule has 4 heteroatoms. The first-order chi connectivity index (χ1) is 12.0. The molecule has 1 atom stereocenters. The SMILES string of the molecule is CC(N)(CO)CCc1ccc(C(=O)CCCCCc2ccccc2)s1. The van der Waals surface area contributed by atoms with Crippen molar-refractivity contribution in [3.63, 3.8) is 0 Å². The van der Waals surface area contributed by atoms with E-state index in [9.17, 15) is 9.90 Å². The zero-order valence-electron chi connectivity index (χ0n) is 15.0. The van der Waals surface area contributed by atoms with E-state index in [0.717, 1.165) is 48.3 Å². The van der Waals surface area contributed by atoms with Crippen molar-refractivity contribution < 1.29 is 9.90 Å². The van der Waals surface area contributed by atoms with Gasteiger partial charge in [0.1, 0.15) is 0 Å². The highest BCUT2D eigenvalue weighted by molar-refractivity contribution is 7.14. The number of hydrogen-bond donors (Lipinski definition) is 2. The van der Waals surface area contributed by atoms with Gasteiger partial charge in [0.2, 0.25) is 0 Å². The average Bonchev–Trinajstić information content (AvgIpc) is 3.10. The van der Waals surface area contributed by atoms with Crippen LogP contribution >= 0.6 is 11.3 Å². The number of ketones is 1. The average molecular weight is 360 g/mol. The van der Waals surface area contributed by atoms with Crippen LogP contribution in [-0.2, 0) is 12.8 Å². The maximum absolute atomic E-state index is 12.3. The quantitative estimate of drug-likeness (QED) is 0.462. The molecule has 0 spiro atoms. The first-order valence-corrected chi connectivity index (χ1v) is 9.87. The molecule has 0 radical (unpaired) electrons. The third-order valence-electron chi connectivity index (χ3n) is 4.45. The van der Waals surface area contributed by atoms with E-state index in [-0.39, 0.29) is 12.4 Å². The van der Waals surface area contributed by atoms with E-state index < -0.39 is 5.54 Å². The number of aliphatic hydroxyl groups is 1. The number of Topliss-reactive ketones (excluding diaryl/α,β-unsaturated/α-hetero) is 1. The number of thiophene rings is 1. The molecule has 1 unspecified atom stereocenters. The number of hydrogen-bond acceptors (Lipinski definition) is 4. The monoisotopic (exact) mass is 359 g/mol. The van der Waals surface area contributed by atoms with Crippen LogP contribution in [0.1, 0.15) is 59.1 Å². The second-order valence-electron chi connectivity index (χ2n) is 7.05. The third kappa shape index (κ3) is 7.10. The van der Waals surface area contributed by atoms with Crippen molar-refractivity contribution in [3.8, 4) is 0 Å². The van der Waals surface area contributed by atoms with Gasteiger partial charge in [0, 0.05) is 16.8 Å². The molecule has 0 amide bonds.